The highest BCUT2D eigenvalue weighted by Gasteiger charge is 2.20. The largest absolute Gasteiger partial charge is 0.353 e. The Balaban J connectivity index is 2.27. The molecule has 1 saturated carbocycles. The maximum Gasteiger partial charge on any atom is 0.221 e. The second kappa shape index (κ2) is 7.13. The zero-order valence-corrected chi connectivity index (χ0v) is 12.3. The predicted octanol–water partition coefficient (Wildman–Crippen LogP) is 2.98. The van der Waals surface area contributed by atoms with Crippen LogP contribution in [-0.4, -0.2) is 18.0 Å². The van der Waals surface area contributed by atoms with Crippen molar-refractivity contribution < 1.29 is 4.79 Å². The number of hydrogen-bond donors (Lipinski definition) is 2. The molecule has 3 heteroatoms. The molecule has 1 fully saturated rings. The molecule has 0 spiro atoms. The molecule has 0 aliphatic heterocycles. The van der Waals surface area contributed by atoms with E-state index in [2.05, 4.69) is 26.1 Å². The summed E-state index contributed by atoms with van der Waals surface area (Å²) in [5, 5.41) is 3.16. The summed E-state index contributed by atoms with van der Waals surface area (Å²) >= 11 is 0. The maximum absolute atomic E-state index is 11.9. The van der Waals surface area contributed by atoms with E-state index in [4.69, 9.17) is 5.73 Å². The van der Waals surface area contributed by atoms with Gasteiger partial charge >= 0.3 is 0 Å². The first kappa shape index (κ1) is 15.5. The molecule has 1 amide bonds. The van der Waals surface area contributed by atoms with Crippen molar-refractivity contribution in [2.24, 2.45) is 11.1 Å². The third-order valence-electron chi connectivity index (χ3n) is 3.54. The van der Waals surface area contributed by atoms with Crippen molar-refractivity contribution in [1.82, 2.24) is 5.32 Å². The summed E-state index contributed by atoms with van der Waals surface area (Å²) < 4.78 is 0. The zero-order valence-electron chi connectivity index (χ0n) is 12.3. The monoisotopic (exact) mass is 254 g/mol. The topological polar surface area (TPSA) is 55.1 Å². The molecule has 0 radical (unpaired) electrons. The van der Waals surface area contributed by atoms with Crippen LogP contribution >= 0.6 is 0 Å². The Bertz CT molecular complexity index is 250. The fourth-order valence-electron chi connectivity index (χ4n) is 2.81. The molecule has 0 aromatic heterocycles. The van der Waals surface area contributed by atoms with Gasteiger partial charge in [-0.05, 0) is 24.7 Å². The lowest BCUT2D eigenvalue weighted by molar-refractivity contribution is -0.122. The van der Waals surface area contributed by atoms with Crippen LogP contribution in [-0.2, 0) is 4.79 Å². The SMILES string of the molecule is CC(C)(C)CC(N)CC(=O)NC1CCCCCC1. The molecule has 1 rings (SSSR count). The molecule has 3 nitrogen and oxygen atoms in total. The van der Waals surface area contributed by atoms with Crippen molar-refractivity contribution in [3.05, 3.63) is 0 Å². The van der Waals surface area contributed by atoms with Gasteiger partial charge in [-0.2, -0.15) is 0 Å². The van der Waals surface area contributed by atoms with Crippen LogP contribution in [0.4, 0.5) is 0 Å². The van der Waals surface area contributed by atoms with Crippen molar-refractivity contribution in [1.29, 1.82) is 0 Å². The standard InChI is InChI=1S/C15H30N2O/c1-15(2,3)11-12(16)10-14(18)17-13-8-6-4-5-7-9-13/h12-13H,4-11,16H2,1-3H3,(H,17,18). The lowest BCUT2D eigenvalue weighted by atomic mass is 9.87. The van der Waals surface area contributed by atoms with Crippen molar-refractivity contribution in [2.45, 2.75) is 84.2 Å². The molecule has 0 aromatic rings. The van der Waals surface area contributed by atoms with Crippen LogP contribution in [0.15, 0.2) is 0 Å². The van der Waals surface area contributed by atoms with Crippen LogP contribution in [0.5, 0.6) is 0 Å². The van der Waals surface area contributed by atoms with E-state index in [0.29, 0.717) is 12.5 Å². The molecule has 0 aromatic carbocycles. The van der Waals surface area contributed by atoms with E-state index in [1.165, 1.54) is 25.7 Å². The first-order chi connectivity index (χ1) is 8.37. The van der Waals surface area contributed by atoms with E-state index in [-0.39, 0.29) is 17.4 Å². The second-order valence-electron chi connectivity index (χ2n) is 6.98. The number of carbonyl (C=O) groups is 1. The van der Waals surface area contributed by atoms with E-state index in [1.54, 1.807) is 0 Å². The van der Waals surface area contributed by atoms with Gasteiger partial charge in [0.25, 0.3) is 0 Å². The Hall–Kier alpha value is -0.570. The Labute approximate surface area is 112 Å². The Kier molecular flexibility index (Phi) is 6.13. The van der Waals surface area contributed by atoms with E-state index >= 15 is 0 Å². The lowest BCUT2D eigenvalue weighted by Gasteiger charge is -2.23. The molecule has 0 saturated heterocycles. The van der Waals surface area contributed by atoms with Gasteiger partial charge in [-0.25, -0.2) is 0 Å². The smallest absolute Gasteiger partial charge is 0.221 e. The average Bonchev–Trinajstić information content (AvgIpc) is 2.42. The summed E-state index contributed by atoms with van der Waals surface area (Å²) in [4.78, 5) is 11.9. The van der Waals surface area contributed by atoms with E-state index in [0.717, 1.165) is 19.3 Å². The highest BCUT2D eigenvalue weighted by atomic mass is 16.1. The van der Waals surface area contributed by atoms with Crippen LogP contribution in [0.25, 0.3) is 0 Å². The molecule has 0 heterocycles. The molecule has 1 aliphatic carbocycles. The Morgan fingerprint density at radius 3 is 2.28 bits per heavy atom. The lowest BCUT2D eigenvalue weighted by Crippen LogP contribution is -2.39. The van der Waals surface area contributed by atoms with Crippen LogP contribution < -0.4 is 11.1 Å². The van der Waals surface area contributed by atoms with Crippen LogP contribution in [0, 0.1) is 5.41 Å². The van der Waals surface area contributed by atoms with E-state index in [1.807, 2.05) is 0 Å². The third-order valence-corrected chi connectivity index (χ3v) is 3.54. The molecule has 0 bridgehead atoms. The molecule has 1 unspecified atom stereocenters. The van der Waals surface area contributed by atoms with Crippen molar-refractivity contribution in [2.75, 3.05) is 0 Å². The molecule has 106 valence electrons. The van der Waals surface area contributed by atoms with Crippen LogP contribution in [0.3, 0.4) is 0 Å². The number of nitrogens with one attached hydrogen (secondary N) is 1. The summed E-state index contributed by atoms with van der Waals surface area (Å²) in [5.74, 6) is 0.138. The minimum atomic E-state index is -0.0178. The van der Waals surface area contributed by atoms with Gasteiger partial charge in [0.2, 0.25) is 5.91 Å². The minimum absolute atomic E-state index is 0.0178. The maximum atomic E-state index is 11.9. The normalized spacial score (nSPS) is 20.2. The van der Waals surface area contributed by atoms with Crippen LogP contribution in [0.2, 0.25) is 0 Å². The highest BCUT2D eigenvalue weighted by Crippen LogP contribution is 2.21. The van der Waals surface area contributed by atoms with Gasteiger partial charge < -0.3 is 11.1 Å². The van der Waals surface area contributed by atoms with Crippen LogP contribution in [0.1, 0.15) is 72.1 Å². The first-order valence-corrected chi connectivity index (χ1v) is 7.42. The van der Waals surface area contributed by atoms with E-state index in [9.17, 15) is 4.79 Å². The van der Waals surface area contributed by atoms with Gasteiger partial charge in [-0.1, -0.05) is 46.5 Å². The molecule has 1 atom stereocenters. The zero-order chi connectivity index (χ0) is 13.6. The minimum Gasteiger partial charge on any atom is -0.353 e. The van der Waals surface area contributed by atoms with Gasteiger partial charge in [0, 0.05) is 18.5 Å². The summed E-state index contributed by atoms with van der Waals surface area (Å²) in [6.07, 6.45) is 8.77. The van der Waals surface area contributed by atoms with Crippen molar-refractivity contribution >= 4 is 5.91 Å². The summed E-state index contributed by atoms with van der Waals surface area (Å²) in [7, 11) is 0. The second-order valence-corrected chi connectivity index (χ2v) is 6.98. The number of rotatable bonds is 4. The Morgan fingerprint density at radius 1 is 1.22 bits per heavy atom. The first-order valence-electron chi connectivity index (χ1n) is 7.42. The molecule has 18 heavy (non-hydrogen) atoms. The van der Waals surface area contributed by atoms with Gasteiger partial charge in [-0.15, -0.1) is 0 Å². The average molecular weight is 254 g/mol. The predicted molar refractivity (Wildman–Crippen MR) is 76.3 cm³/mol. The number of hydrogen-bond acceptors (Lipinski definition) is 2. The Morgan fingerprint density at radius 2 is 1.78 bits per heavy atom. The summed E-state index contributed by atoms with van der Waals surface area (Å²) in [5.41, 5.74) is 6.23. The quantitative estimate of drug-likeness (QED) is 0.758. The number of nitrogens with two attached hydrogens (primary N) is 1. The van der Waals surface area contributed by atoms with Gasteiger partial charge in [0.15, 0.2) is 0 Å². The molecular formula is C15H30N2O. The fourth-order valence-corrected chi connectivity index (χ4v) is 2.81. The summed E-state index contributed by atoms with van der Waals surface area (Å²) in [6, 6.07) is 0.373. The van der Waals surface area contributed by atoms with Crippen molar-refractivity contribution in [3.63, 3.8) is 0 Å². The third kappa shape index (κ3) is 7.00. The van der Waals surface area contributed by atoms with Crippen molar-refractivity contribution in [3.8, 4) is 0 Å². The van der Waals surface area contributed by atoms with E-state index < -0.39 is 0 Å². The van der Waals surface area contributed by atoms with Gasteiger partial charge in [0.1, 0.15) is 0 Å². The number of amides is 1. The number of carbonyl (C=O) groups excluding carboxylic acids is 1. The molecule has 3 N–H and O–H groups in total. The highest BCUT2D eigenvalue weighted by molar-refractivity contribution is 5.76. The summed E-state index contributed by atoms with van der Waals surface area (Å²) in [6.45, 7) is 6.49. The fraction of sp³-hybridized carbons (Fsp3) is 0.933. The molecule has 1 aliphatic rings. The van der Waals surface area contributed by atoms with Gasteiger partial charge in [-0.3, -0.25) is 4.79 Å². The van der Waals surface area contributed by atoms with Gasteiger partial charge in [0.05, 0.1) is 0 Å². The molecular weight excluding hydrogens is 224 g/mol.